The van der Waals surface area contributed by atoms with Gasteiger partial charge in [-0.05, 0) is 18.8 Å². The van der Waals surface area contributed by atoms with E-state index >= 15 is 0 Å². The molecule has 0 saturated heterocycles. The minimum atomic E-state index is 0.508. The van der Waals surface area contributed by atoms with Crippen molar-refractivity contribution in [3.05, 3.63) is 23.8 Å². The molecule has 78 valence electrons. The molecule has 1 heterocycles. The first-order valence-corrected chi connectivity index (χ1v) is 5.51. The van der Waals surface area contributed by atoms with Crippen molar-refractivity contribution >= 4 is 0 Å². The molecule has 1 aromatic rings. The van der Waals surface area contributed by atoms with Gasteiger partial charge in [0.05, 0.1) is 5.56 Å². The van der Waals surface area contributed by atoms with Gasteiger partial charge in [-0.25, -0.2) is 9.97 Å². The summed E-state index contributed by atoms with van der Waals surface area (Å²) < 4.78 is 0. The van der Waals surface area contributed by atoms with Gasteiger partial charge in [-0.1, -0.05) is 19.8 Å². The first kappa shape index (κ1) is 10.1. The summed E-state index contributed by atoms with van der Waals surface area (Å²) in [5.41, 5.74) is 0.544. The van der Waals surface area contributed by atoms with Crippen molar-refractivity contribution in [3.8, 4) is 6.07 Å². The third kappa shape index (κ3) is 2.33. The van der Waals surface area contributed by atoms with E-state index in [9.17, 15) is 0 Å². The second kappa shape index (κ2) is 4.39. The van der Waals surface area contributed by atoms with Crippen molar-refractivity contribution in [2.24, 2.45) is 5.92 Å². The normalized spacial score (nSPS) is 25.9. The standard InChI is InChI=1S/C12H15N3/c1-9-2-4-11(5-3-9)12-14-7-10(6-13)8-15-12/h7-9,11H,2-5H2,1H3/t9-,11-. The molecule has 1 fully saturated rings. The first-order chi connectivity index (χ1) is 7.29. The van der Waals surface area contributed by atoms with Gasteiger partial charge in [0.1, 0.15) is 11.9 Å². The Balaban J connectivity index is 2.07. The summed E-state index contributed by atoms with van der Waals surface area (Å²) in [7, 11) is 0. The Hall–Kier alpha value is -1.43. The van der Waals surface area contributed by atoms with E-state index < -0.39 is 0 Å². The number of hydrogen-bond donors (Lipinski definition) is 0. The molecule has 1 saturated carbocycles. The number of rotatable bonds is 1. The zero-order valence-corrected chi connectivity index (χ0v) is 8.98. The van der Waals surface area contributed by atoms with Crippen molar-refractivity contribution in [2.75, 3.05) is 0 Å². The van der Waals surface area contributed by atoms with Crippen LogP contribution < -0.4 is 0 Å². The van der Waals surface area contributed by atoms with E-state index in [0.717, 1.165) is 11.7 Å². The van der Waals surface area contributed by atoms with Gasteiger partial charge in [0.15, 0.2) is 0 Å². The topological polar surface area (TPSA) is 49.6 Å². The van der Waals surface area contributed by atoms with Crippen LogP contribution in [0.25, 0.3) is 0 Å². The van der Waals surface area contributed by atoms with Crippen LogP contribution >= 0.6 is 0 Å². The smallest absolute Gasteiger partial charge is 0.131 e. The zero-order valence-electron chi connectivity index (χ0n) is 8.98. The quantitative estimate of drug-likeness (QED) is 0.701. The Kier molecular flexibility index (Phi) is 2.96. The van der Waals surface area contributed by atoms with Crippen LogP contribution in [0, 0.1) is 17.2 Å². The van der Waals surface area contributed by atoms with Crippen molar-refractivity contribution in [3.63, 3.8) is 0 Å². The summed E-state index contributed by atoms with van der Waals surface area (Å²) in [6, 6.07) is 2.04. The Morgan fingerprint density at radius 3 is 2.33 bits per heavy atom. The predicted octanol–water partition coefficient (Wildman–Crippen LogP) is 2.64. The van der Waals surface area contributed by atoms with Gasteiger partial charge in [0.25, 0.3) is 0 Å². The second-order valence-electron chi connectivity index (χ2n) is 4.40. The highest BCUT2D eigenvalue weighted by Gasteiger charge is 2.21. The van der Waals surface area contributed by atoms with Crippen molar-refractivity contribution in [1.29, 1.82) is 5.26 Å². The van der Waals surface area contributed by atoms with E-state index in [1.807, 2.05) is 6.07 Å². The monoisotopic (exact) mass is 201 g/mol. The Bertz CT molecular complexity index is 355. The summed E-state index contributed by atoms with van der Waals surface area (Å²) in [5.74, 6) is 2.27. The number of hydrogen-bond acceptors (Lipinski definition) is 3. The van der Waals surface area contributed by atoms with Gasteiger partial charge in [-0.15, -0.1) is 0 Å². The van der Waals surface area contributed by atoms with Crippen LogP contribution in [0.4, 0.5) is 0 Å². The minimum Gasteiger partial charge on any atom is -0.240 e. The van der Waals surface area contributed by atoms with E-state index in [-0.39, 0.29) is 0 Å². The average molecular weight is 201 g/mol. The van der Waals surface area contributed by atoms with Crippen LogP contribution in [0.15, 0.2) is 12.4 Å². The summed E-state index contributed by atoms with van der Waals surface area (Å²) in [6.07, 6.45) is 8.17. The maximum atomic E-state index is 8.64. The molecule has 0 N–H and O–H groups in total. The van der Waals surface area contributed by atoms with Gasteiger partial charge in [-0.3, -0.25) is 0 Å². The van der Waals surface area contributed by atoms with E-state index in [2.05, 4.69) is 16.9 Å². The van der Waals surface area contributed by atoms with E-state index in [4.69, 9.17) is 5.26 Å². The van der Waals surface area contributed by atoms with Crippen molar-refractivity contribution in [2.45, 2.75) is 38.5 Å². The summed E-state index contributed by atoms with van der Waals surface area (Å²) >= 11 is 0. The molecule has 0 bridgehead atoms. The van der Waals surface area contributed by atoms with Crippen LogP contribution in [0.3, 0.4) is 0 Å². The molecule has 3 nitrogen and oxygen atoms in total. The molecule has 2 rings (SSSR count). The highest BCUT2D eigenvalue weighted by atomic mass is 14.9. The number of aromatic nitrogens is 2. The molecular formula is C12H15N3. The van der Waals surface area contributed by atoms with Crippen LogP contribution in [0.5, 0.6) is 0 Å². The Morgan fingerprint density at radius 1 is 1.20 bits per heavy atom. The lowest BCUT2D eigenvalue weighted by Crippen LogP contribution is -2.13. The zero-order chi connectivity index (χ0) is 10.7. The molecule has 0 aliphatic heterocycles. The highest BCUT2D eigenvalue weighted by Crippen LogP contribution is 2.33. The maximum Gasteiger partial charge on any atom is 0.131 e. The molecule has 0 spiro atoms. The number of nitriles is 1. The highest BCUT2D eigenvalue weighted by molar-refractivity contribution is 5.22. The lowest BCUT2D eigenvalue weighted by atomic mass is 9.82. The minimum absolute atomic E-state index is 0.508. The van der Waals surface area contributed by atoms with Gasteiger partial charge < -0.3 is 0 Å². The number of nitrogens with zero attached hydrogens (tertiary/aromatic N) is 3. The van der Waals surface area contributed by atoms with E-state index in [0.29, 0.717) is 11.5 Å². The molecule has 0 unspecified atom stereocenters. The maximum absolute atomic E-state index is 8.64. The predicted molar refractivity (Wildman–Crippen MR) is 57.1 cm³/mol. The molecule has 1 aliphatic carbocycles. The first-order valence-electron chi connectivity index (χ1n) is 5.51. The third-order valence-corrected chi connectivity index (χ3v) is 3.18. The Labute approximate surface area is 90.2 Å². The Morgan fingerprint density at radius 2 is 1.80 bits per heavy atom. The van der Waals surface area contributed by atoms with Gasteiger partial charge in [0.2, 0.25) is 0 Å². The SMILES string of the molecule is C[C@H]1CC[C@H](c2ncc(C#N)cn2)CC1. The lowest BCUT2D eigenvalue weighted by molar-refractivity contribution is 0.339. The molecule has 1 aliphatic rings. The molecule has 0 radical (unpaired) electrons. The van der Waals surface area contributed by atoms with Crippen LogP contribution in [0.1, 0.15) is 49.9 Å². The molecule has 0 aromatic carbocycles. The molecule has 0 atom stereocenters. The van der Waals surface area contributed by atoms with Gasteiger partial charge >= 0.3 is 0 Å². The molecular weight excluding hydrogens is 186 g/mol. The van der Waals surface area contributed by atoms with Crippen molar-refractivity contribution in [1.82, 2.24) is 9.97 Å². The summed E-state index contributed by atoms with van der Waals surface area (Å²) in [5, 5.41) is 8.64. The largest absolute Gasteiger partial charge is 0.240 e. The van der Waals surface area contributed by atoms with Crippen LogP contribution in [-0.2, 0) is 0 Å². The summed E-state index contributed by atoms with van der Waals surface area (Å²) in [6.45, 7) is 2.30. The van der Waals surface area contributed by atoms with Crippen LogP contribution in [0.2, 0.25) is 0 Å². The lowest BCUT2D eigenvalue weighted by Gasteiger charge is -2.24. The van der Waals surface area contributed by atoms with E-state index in [1.165, 1.54) is 25.7 Å². The third-order valence-electron chi connectivity index (χ3n) is 3.18. The van der Waals surface area contributed by atoms with Gasteiger partial charge in [-0.2, -0.15) is 5.26 Å². The fourth-order valence-corrected chi connectivity index (χ4v) is 2.12. The molecule has 1 aromatic heterocycles. The van der Waals surface area contributed by atoms with Crippen LogP contribution in [-0.4, -0.2) is 9.97 Å². The second-order valence-corrected chi connectivity index (χ2v) is 4.40. The average Bonchev–Trinajstić information content (AvgIpc) is 2.30. The van der Waals surface area contributed by atoms with E-state index in [1.54, 1.807) is 12.4 Å². The van der Waals surface area contributed by atoms with Gasteiger partial charge in [0, 0.05) is 18.3 Å². The fourth-order valence-electron chi connectivity index (χ4n) is 2.12. The molecule has 0 amide bonds. The summed E-state index contributed by atoms with van der Waals surface area (Å²) in [4.78, 5) is 8.53. The molecule has 3 heteroatoms. The fraction of sp³-hybridized carbons (Fsp3) is 0.583. The van der Waals surface area contributed by atoms with Crippen molar-refractivity contribution < 1.29 is 0 Å². The molecule has 15 heavy (non-hydrogen) atoms.